The van der Waals surface area contributed by atoms with E-state index in [9.17, 15) is 4.79 Å². The highest BCUT2D eigenvalue weighted by molar-refractivity contribution is 6.30. The number of nitrogens with one attached hydrogen (secondary N) is 1. The first-order valence-corrected chi connectivity index (χ1v) is 9.06. The lowest BCUT2D eigenvalue weighted by atomic mass is 10.2. The van der Waals surface area contributed by atoms with E-state index in [1.165, 1.54) is 18.5 Å². The number of hydrogen-bond acceptors (Lipinski definition) is 3. The van der Waals surface area contributed by atoms with Crippen molar-refractivity contribution in [1.82, 2.24) is 4.90 Å². The van der Waals surface area contributed by atoms with Gasteiger partial charge in [0, 0.05) is 36.0 Å². The molecule has 1 heterocycles. The average molecular weight is 358 g/mol. The van der Waals surface area contributed by atoms with Gasteiger partial charge in [-0.15, -0.1) is 0 Å². The molecule has 1 saturated heterocycles. The predicted molar refractivity (Wildman–Crippen MR) is 104 cm³/mol. The zero-order valence-corrected chi connectivity index (χ0v) is 15.3. The number of nitrogens with zero attached hydrogens (tertiary/aromatic N) is 2. The number of anilines is 2. The van der Waals surface area contributed by atoms with Gasteiger partial charge in [-0.2, -0.15) is 0 Å². The molecule has 1 aliphatic heterocycles. The van der Waals surface area contributed by atoms with Crippen LogP contribution in [-0.4, -0.2) is 37.5 Å². The van der Waals surface area contributed by atoms with Crippen molar-refractivity contribution < 1.29 is 4.79 Å². The maximum Gasteiger partial charge on any atom is 0.238 e. The molecule has 5 heteroatoms. The monoisotopic (exact) mass is 357 g/mol. The van der Waals surface area contributed by atoms with Gasteiger partial charge in [-0.05, 0) is 61.9 Å². The third-order valence-corrected chi connectivity index (χ3v) is 4.65. The van der Waals surface area contributed by atoms with Gasteiger partial charge >= 0.3 is 0 Å². The molecule has 0 saturated carbocycles. The van der Waals surface area contributed by atoms with Crippen molar-refractivity contribution >= 4 is 28.9 Å². The van der Waals surface area contributed by atoms with Gasteiger partial charge in [0.15, 0.2) is 0 Å². The summed E-state index contributed by atoms with van der Waals surface area (Å²) in [4.78, 5) is 16.6. The van der Waals surface area contributed by atoms with Gasteiger partial charge in [0.1, 0.15) is 0 Å². The Bertz CT molecular complexity index is 694. The molecule has 4 nitrogen and oxygen atoms in total. The molecule has 0 aromatic heterocycles. The topological polar surface area (TPSA) is 35.6 Å². The van der Waals surface area contributed by atoms with Crippen LogP contribution in [0.1, 0.15) is 18.4 Å². The number of hydrogen-bond donors (Lipinski definition) is 1. The van der Waals surface area contributed by atoms with Crippen molar-refractivity contribution in [2.45, 2.75) is 19.4 Å². The second-order valence-corrected chi connectivity index (χ2v) is 7.02. The molecule has 132 valence electrons. The number of likely N-dealkylation sites (N-methyl/N-ethyl adjacent to an activating group) is 1. The van der Waals surface area contributed by atoms with Gasteiger partial charge in [0.2, 0.25) is 5.91 Å². The van der Waals surface area contributed by atoms with Crippen molar-refractivity contribution in [2.75, 3.05) is 36.9 Å². The number of benzene rings is 2. The van der Waals surface area contributed by atoms with Gasteiger partial charge in [0.25, 0.3) is 0 Å². The lowest BCUT2D eigenvalue weighted by Gasteiger charge is -2.18. The lowest BCUT2D eigenvalue weighted by Crippen LogP contribution is -2.29. The predicted octanol–water partition coefficient (Wildman–Crippen LogP) is 4.01. The van der Waals surface area contributed by atoms with Gasteiger partial charge in [-0.3, -0.25) is 9.69 Å². The summed E-state index contributed by atoms with van der Waals surface area (Å²) in [7, 11) is 1.94. The van der Waals surface area contributed by atoms with Gasteiger partial charge in [-0.25, -0.2) is 0 Å². The largest absolute Gasteiger partial charge is 0.372 e. The Morgan fingerprint density at radius 2 is 1.72 bits per heavy atom. The molecule has 0 unspecified atom stereocenters. The first kappa shape index (κ1) is 17.8. The van der Waals surface area contributed by atoms with Crippen LogP contribution in [0.2, 0.25) is 5.02 Å². The van der Waals surface area contributed by atoms with E-state index in [0.29, 0.717) is 13.1 Å². The highest BCUT2D eigenvalue weighted by Gasteiger charge is 2.12. The van der Waals surface area contributed by atoms with Crippen LogP contribution in [0, 0.1) is 0 Å². The Morgan fingerprint density at radius 1 is 1.08 bits per heavy atom. The van der Waals surface area contributed by atoms with E-state index in [4.69, 9.17) is 11.6 Å². The molecule has 0 radical (unpaired) electrons. The number of rotatable bonds is 6. The molecule has 2 aromatic carbocycles. The lowest BCUT2D eigenvalue weighted by molar-refractivity contribution is -0.117. The first-order chi connectivity index (χ1) is 12.1. The Morgan fingerprint density at radius 3 is 2.36 bits per heavy atom. The van der Waals surface area contributed by atoms with E-state index in [-0.39, 0.29) is 5.91 Å². The van der Waals surface area contributed by atoms with Gasteiger partial charge in [-0.1, -0.05) is 23.7 Å². The normalized spacial score (nSPS) is 14.1. The summed E-state index contributed by atoms with van der Waals surface area (Å²) in [5.41, 5.74) is 3.21. The molecular formula is C20H24ClN3O. The summed E-state index contributed by atoms with van der Waals surface area (Å²) >= 11 is 5.89. The SMILES string of the molecule is CN(CC(=O)Nc1ccc(N2CCCC2)cc1)Cc1ccc(Cl)cc1. The van der Waals surface area contributed by atoms with Gasteiger partial charge < -0.3 is 10.2 Å². The van der Waals surface area contributed by atoms with Crippen LogP contribution in [0.25, 0.3) is 0 Å². The number of halogens is 1. The molecule has 1 amide bonds. The van der Waals surface area contributed by atoms with Crippen LogP contribution in [0.15, 0.2) is 48.5 Å². The Hall–Kier alpha value is -2.04. The maximum absolute atomic E-state index is 12.2. The zero-order valence-electron chi connectivity index (χ0n) is 14.5. The van der Waals surface area contributed by atoms with E-state index in [0.717, 1.165) is 29.4 Å². The van der Waals surface area contributed by atoms with Crippen molar-refractivity contribution in [3.63, 3.8) is 0 Å². The van der Waals surface area contributed by atoms with Crippen LogP contribution >= 0.6 is 11.6 Å². The van der Waals surface area contributed by atoms with Crippen molar-refractivity contribution in [3.8, 4) is 0 Å². The molecular weight excluding hydrogens is 334 g/mol. The summed E-state index contributed by atoms with van der Waals surface area (Å²) in [6.07, 6.45) is 2.52. The summed E-state index contributed by atoms with van der Waals surface area (Å²) in [6.45, 7) is 3.30. The maximum atomic E-state index is 12.2. The second-order valence-electron chi connectivity index (χ2n) is 6.59. The molecule has 2 aromatic rings. The van der Waals surface area contributed by atoms with E-state index >= 15 is 0 Å². The third kappa shape index (κ3) is 5.21. The van der Waals surface area contributed by atoms with Crippen LogP contribution in [0.3, 0.4) is 0 Å². The van der Waals surface area contributed by atoms with Crippen LogP contribution in [0.4, 0.5) is 11.4 Å². The molecule has 1 N–H and O–H groups in total. The fourth-order valence-corrected chi connectivity index (χ4v) is 3.26. The fourth-order valence-electron chi connectivity index (χ4n) is 3.13. The first-order valence-electron chi connectivity index (χ1n) is 8.68. The Labute approximate surface area is 154 Å². The number of amides is 1. The van der Waals surface area contributed by atoms with E-state index in [1.807, 2.05) is 48.3 Å². The van der Waals surface area contributed by atoms with Crippen LogP contribution < -0.4 is 10.2 Å². The quantitative estimate of drug-likeness (QED) is 0.848. The summed E-state index contributed by atoms with van der Waals surface area (Å²) in [6, 6.07) is 15.8. The van der Waals surface area contributed by atoms with Crippen molar-refractivity contribution in [2.24, 2.45) is 0 Å². The Balaban J connectivity index is 1.48. The average Bonchev–Trinajstić information content (AvgIpc) is 3.12. The van der Waals surface area contributed by atoms with E-state index < -0.39 is 0 Å². The van der Waals surface area contributed by atoms with Crippen LogP contribution in [0.5, 0.6) is 0 Å². The third-order valence-electron chi connectivity index (χ3n) is 4.40. The molecule has 25 heavy (non-hydrogen) atoms. The summed E-state index contributed by atoms with van der Waals surface area (Å²) < 4.78 is 0. The smallest absolute Gasteiger partial charge is 0.238 e. The number of carbonyl (C=O) groups excluding carboxylic acids is 1. The van der Waals surface area contributed by atoms with Gasteiger partial charge in [0.05, 0.1) is 6.54 Å². The van der Waals surface area contributed by atoms with Crippen LogP contribution in [-0.2, 0) is 11.3 Å². The highest BCUT2D eigenvalue weighted by atomic mass is 35.5. The van der Waals surface area contributed by atoms with Crippen molar-refractivity contribution in [3.05, 3.63) is 59.1 Å². The molecule has 1 aliphatic rings. The standard InChI is InChI=1S/C20H24ClN3O/c1-23(14-16-4-6-17(21)7-5-16)15-20(25)22-18-8-10-19(11-9-18)24-12-2-3-13-24/h4-11H,2-3,12-15H2,1H3,(H,22,25). The zero-order chi connectivity index (χ0) is 17.6. The molecule has 0 atom stereocenters. The highest BCUT2D eigenvalue weighted by Crippen LogP contribution is 2.22. The second kappa shape index (κ2) is 8.37. The molecule has 0 spiro atoms. The molecule has 0 aliphatic carbocycles. The summed E-state index contributed by atoms with van der Waals surface area (Å²) in [5, 5.41) is 3.69. The minimum atomic E-state index is -0.00890. The Kier molecular flexibility index (Phi) is 5.95. The summed E-state index contributed by atoms with van der Waals surface area (Å²) in [5.74, 6) is -0.00890. The molecule has 0 bridgehead atoms. The minimum absolute atomic E-state index is 0.00890. The molecule has 3 rings (SSSR count). The fraction of sp³-hybridized carbons (Fsp3) is 0.350. The number of carbonyl (C=O) groups is 1. The van der Waals surface area contributed by atoms with E-state index in [1.54, 1.807) is 0 Å². The van der Waals surface area contributed by atoms with E-state index in [2.05, 4.69) is 22.3 Å². The van der Waals surface area contributed by atoms with Crippen molar-refractivity contribution in [1.29, 1.82) is 0 Å². The minimum Gasteiger partial charge on any atom is -0.372 e. The molecule has 1 fully saturated rings.